The normalized spacial score (nSPS) is 20.7. The minimum absolute atomic E-state index is 0.158. The van der Waals surface area contributed by atoms with Gasteiger partial charge in [-0.2, -0.15) is 0 Å². The lowest BCUT2D eigenvalue weighted by atomic mass is 9.96. The molecule has 2 heterocycles. The van der Waals surface area contributed by atoms with Gasteiger partial charge in [0.05, 0.1) is 10.0 Å². The molecule has 0 bridgehead atoms. The van der Waals surface area contributed by atoms with Gasteiger partial charge in [-0.15, -0.1) is 0 Å². The number of hydrogen-bond donors (Lipinski definition) is 0. The van der Waals surface area contributed by atoms with Gasteiger partial charge in [-0.3, -0.25) is 14.4 Å². The molecule has 3 rings (SSSR count). The van der Waals surface area contributed by atoms with Gasteiger partial charge in [-0.1, -0.05) is 29.3 Å². The molecule has 2 amide bonds. The van der Waals surface area contributed by atoms with E-state index in [4.69, 9.17) is 27.9 Å². The summed E-state index contributed by atoms with van der Waals surface area (Å²) in [5, 5.41) is 0.850. The molecule has 0 aromatic heterocycles. The van der Waals surface area contributed by atoms with Gasteiger partial charge in [0.1, 0.15) is 5.92 Å². The van der Waals surface area contributed by atoms with E-state index in [2.05, 4.69) is 0 Å². The molecule has 2 saturated heterocycles. The first kappa shape index (κ1) is 21.1. The van der Waals surface area contributed by atoms with Crippen LogP contribution in [0.3, 0.4) is 0 Å². The molecule has 0 aliphatic carbocycles. The van der Waals surface area contributed by atoms with E-state index in [9.17, 15) is 14.4 Å². The van der Waals surface area contributed by atoms with E-state index >= 15 is 0 Å². The van der Waals surface area contributed by atoms with E-state index in [-0.39, 0.29) is 19.0 Å². The van der Waals surface area contributed by atoms with Crippen LogP contribution in [0.1, 0.15) is 24.8 Å². The number of Topliss-reactive ketones (excluding diaryl/α,β-unsaturated/α-hetero) is 1. The van der Waals surface area contributed by atoms with Crippen molar-refractivity contribution in [3.05, 3.63) is 33.8 Å². The van der Waals surface area contributed by atoms with Crippen LogP contribution in [0.5, 0.6) is 0 Å². The number of amides is 2. The van der Waals surface area contributed by atoms with Crippen LogP contribution in [0.25, 0.3) is 0 Å². The van der Waals surface area contributed by atoms with Crippen molar-refractivity contribution in [3.8, 4) is 0 Å². The summed E-state index contributed by atoms with van der Waals surface area (Å²) in [6, 6.07) is 5.13. The Bertz CT molecular complexity index is 765. The first-order valence-electron chi connectivity index (χ1n) is 9.46. The highest BCUT2D eigenvalue weighted by molar-refractivity contribution is 6.42. The first-order chi connectivity index (χ1) is 13.4. The monoisotopic (exact) mass is 426 g/mol. The highest BCUT2D eigenvalue weighted by atomic mass is 35.5. The van der Waals surface area contributed by atoms with Crippen LogP contribution in [0.4, 0.5) is 0 Å². The predicted octanol–water partition coefficient (Wildman–Crippen LogP) is 2.80. The molecule has 0 N–H and O–H groups in total. The molecule has 2 aliphatic heterocycles. The zero-order chi connectivity index (χ0) is 20.3. The third kappa shape index (κ3) is 4.85. The lowest BCUT2D eigenvalue weighted by Gasteiger charge is -2.24. The van der Waals surface area contributed by atoms with Crippen molar-refractivity contribution in [2.24, 2.45) is 11.8 Å². The molecule has 28 heavy (non-hydrogen) atoms. The van der Waals surface area contributed by atoms with E-state index < -0.39 is 17.6 Å². The zero-order valence-corrected chi connectivity index (χ0v) is 17.3. The number of likely N-dealkylation sites (tertiary alicyclic amines) is 1. The molecular weight excluding hydrogens is 403 g/mol. The largest absolute Gasteiger partial charge is 0.381 e. The quantitative estimate of drug-likeness (QED) is 0.517. The van der Waals surface area contributed by atoms with Gasteiger partial charge in [0.25, 0.3) is 5.91 Å². The predicted molar refractivity (Wildman–Crippen MR) is 106 cm³/mol. The van der Waals surface area contributed by atoms with Gasteiger partial charge >= 0.3 is 0 Å². The molecule has 0 spiro atoms. The number of rotatable bonds is 6. The van der Waals surface area contributed by atoms with E-state index in [1.807, 2.05) is 0 Å². The first-order valence-corrected chi connectivity index (χ1v) is 10.2. The van der Waals surface area contributed by atoms with Crippen LogP contribution < -0.4 is 0 Å². The average molecular weight is 427 g/mol. The van der Waals surface area contributed by atoms with Crippen molar-refractivity contribution in [1.29, 1.82) is 0 Å². The molecule has 1 aromatic rings. The Balaban J connectivity index is 1.57. The molecule has 6 nitrogen and oxygen atoms in total. The summed E-state index contributed by atoms with van der Waals surface area (Å²) >= 11 is 11.9. The Kier molecular flexibility index (Phi) is 6.96. The van der Waals surface area contributed by atoms with E-state index in [1.54, 1.807) is 25.2 Å². The van der Waals surface area contributed by atoms with Crippen LogP contribution in [0.2, 0.25) is 10.0 Å². The molecule has 2 aliphatic rings. The molecule has 8 heteroatoms. The van der Waals surface area contributed by atoms with Gasteiger partial charge in [-0.25, -0.2) is 0 Å². The zero-order valence-electron chi connectivity index (χ0n) is 15.8. The van der Waals surface area contributed by atoms with Crippen molar-refractivity contribution in [3.63, 3.8) is 0 Å². The second-order valence-electron chi connectivity index (χ2n) is 7.46. The number of ether oxygens (including phenoxy) is 1. The Labute approximate surface area is 174 Å². The summed E-state index contributed by atoms with van der Waals surface area (Å²) in [6.45, 7) is 2.45. The standard InChI is InChI=1S/C20H24Cl2N2O4/c1-23(11-14-2-3-16(21)17(22)10-14)19(26)15-12-24(20(27)18(15)25)7-4-13-5-8-28-9-6-13/h2-3,10,13,15H,4-9,11-12H2,1H3. The Morgan fingerprint density at radius 1 is 1.21 bits per heavy atom. The summed E-state index contributed by atoms with van der Waals surface area (Å²) in [7, 11) is 1.62. The third-order valence-corrected chi connectivity index (χ3v) is 6.18. The number of hydrogen-bond acceptors (Lipinski definition) is 4. The summed E-state index contributed by atoms with van der Waals surface area (Å²) in [4.78, 5) is 40.4. The molecule has 0 saturated carbocycles. The van der Waals surface area contributed by atoms with Gasteiger partial charge in [0, 0.05) is 39.9 Å². The Morgan fingerprint density at radius 3 is 2.61 bits per heavy atom. The number of carbonyl (C=O) groups excluding carboxylic acids is 3. The summed E-state index contributed by atoms with van der Waals surface area (Å²) in [6.07, 6.45) is 2.79. The van der Waals surface area contributed by atoms with Crippen molar-refractivity contribution in [2.75, 3.05) is 33.4 Å². The SMILES string of the molecule is CN(Cc1ccc(Cl)c(Cl)c1)C(=O)C1CN(CCC2CCOCC2)C(=O)C1=O. The van der Waals surface area contributed by atoms with Gasteiger partial charge in [0.15, 0.2) is 0 Å². The van der Waals surface area contributed by atoms with Crippen molar-refractivity contribution < 1.29 is 19.1 Å². The second-order valence-corrected chi connectivity index (χ2v) is 8.27. The van der Waals surface area contributed by atoms with Crippen molar-refractivity contribution in [2.45, 2.75) is 25.8 Å². The van der Waals surface area contributed by atoms with Crippen LogP contribution in [-0.2, 0) is 25.7 Å². The number of halogens is 2. The number of nitrogens with zero attached hydrogens (tertiary/aromatic N) is 2. The third-order valence-electron chi connectivity index (χ3n) is 5.44. The molecule has 1 atom stereocenters. The van der Waals surface area contributed by atoms with Crippen LogP contribution in [0, 0.1) is 11.8 Å². The molecule has 1 unspecified atom stereocenters. The molecule has 2 fully saturated rings. The molecular formula is C20H24Cl2N2O4. The summed E-state index contributed by atoms with van der Waals surface area (Å²) < 4.78 is 5.35. The number of carbonyl (C=O) groups is 3. The van der Waals surface area contributed by atoms with Crippen molar-refractivity contribution >= 4 is 40.8 Å². The fourth-order valence-electron chi connectivity index (χ4n) is 3.70. The van der Waals surface area contributed by atoms with Crippen LogP contribution >= 0.6 is 23.2 Å². The smallest absolute Gasteiger partial charge is 0.290 e. The minimum Gasteiger partial charge on any atom is -0.381 e. The summed E-state index contributed by atoms with van der Waals surface area (Å²) in [5.41, 5.74) is 0.804. The van der Waals surface area contributed by atoms with Crippen LogP contribution in [0.15, 0.2) is 18.2 Å². The Hall–Kier alpha value is -1.63. The maximum Gasteiger partial charge on any atom is 0.290 e. The van der Waals surface area contributed by atoms with E-state index in [0.29, 0.717) is 22.5 Å². The van der Waals surface area contributed by atoms with Gasteiger partial charge in [0.2, 0.25) is 11.7 Å². The molecule has 152 valence electrons. The minimum atomic E-state index is -0.935. The van der Waals surface area contributed by atoms with Gasteiger partial charge < -0.3 is 14.5 Å². The topological polar surface area (TPSA) is 66.9 Å². The molecule has 0 radical (unpaired) electrons. The lowest BCUT2D eigenvalue weighted by molar-refractivity contribution is -0.144. The maximum absolute atomic E-state index is 12.8. The number of benzene rings is 1. The molecule has 1 aromatic carbocycles. The van der Waals surface area contributed by atoms with Crippen LogP contribution in [-0.4, -0.2) is 60.7 Å². The highest BCUT2D eigenvalue weighted by Gasteiger charge is 2.44. The van der Waals surface area contributed by atoms with E-state index in [0.717, 1.165) is 38.0 Å². The fraction of sp³-hybridized carbons (Fsp3) is 0.550. The van der Waals surface area contributed by atoms with E-state index in [1.165, 1.54) is 9.80 Å². The maximum atomic E-state index is 12.8. The average Bonchev–Trinajstić information content (AvgIpc) is 2.97. The highest BCUT2D eigenvalue weighted by Crippen LogP contribution is 2.25. The fourth-order valence-corrected chi connectivity index (χ4v) is 4.02. The lowest BCUT2D eigenvalue weighted by Crippen LogP contribution is -2.36. The van der Waals surface area contributed by atoms with Gasteiger partial charge in [-0.05, 0) is 42.9 Å². The number of ketones is 1. The Morgan fingerprint density at radius 2 is 1.93 bits per heavy atom. The summed E-state index contributed by atoms with van der Waals surface area (Å²) in [5.74, 6) is -1.94. The van der Waals surface area contributed by atoms with Crippen molar-refractivity contribution in [1.82, 2.24) is 9.80 Å². The second kappa shape index (κ2) is 9.25.